The predicted molar refractivity (Wildman–Crippen MR) is 144 cm³/mol. The van der Waals surface area contributed by atoms with Crippen molar-refractivity contribution in [1.29, 1.82) is 0 Å². The Kier molecular flexibility index (Phi) is 8.91. The number of carbonyl (C=O) groups excluding carboxylic acids is 3. The highest BCUT2D eigenvalue weighted by Gasteiger charge is 2.32. The number of benzene rings is 1. The van der Waals surface area contributed by atoms with E-state index in [0.717, 1.165) is 43.4 Å². The molecule has 200 valence electrons. The third kappa shape index (κ3) is 7.07. The van der Waals surface area contributed by atoms with Crippen molar-refractivity contribution in [3.8, 4) is 11.3 Å². The van der Waals surface area contributed by atoms with Crippen LogP contribution in [0.1, 0.15) is 65.8 Å². The molecule has 0 unspecified atom stereocenters. The van der Waals surface area contributed by atoms with Crippen molar-refractivity contribution in [1.82, 2.24) is 15.6 Å². The molecule has 3 aromatic rings. The van der Waals surface area contributed by atoms with Crippen LogP contribution in [0.25, 0.3) is 11.3 Å². The van der Waals surface area contributed by atoms with Gasteiger partial charge in [0.25, 0.3) is 11.8 Å². The number of aliphatic hydroxyl groups excluding tert-OH is 1. The number of carbonyl (C=O) groups is 3. The van der Waals surface area contributed by atoms with Crippen LogP contribution in [0.5, 0.6) is 0 Å². The van der Waals surface area contributed by atoms with E-state index in [1.807, 2.05) is 13.0 Å². The Hall–Kier alpha value is -3.98. The molecule has 1 saturated carbocycles. The lowest BCUT2D eigenvalue weighted by atomic mass is 9.83. The maximum absolute atomic E-state index is 13.0. The summed E-state index contributed by atoms with van der Waals surface area (Å²) in [7, 11) is 0. The van der Waals surface area contributed by atoms with E-state index in [1.165, 1.54) is 0 Å². The van der Waals surface area contributed by atoms with Gasteiger partial charge in [0.15, 0.2) is 5.76 Å². The van der Waals surface area contributed by atoms with E-state index in [1.54, 1.807) is 55.5 Å². The Morgan fingerprint density at radius 3 is 2.42 bits per heavy atom. The highest BCUT2D eigenvalue weighted by atomic mass is 16.4. The fourth-order valence-corrected chi connectivity index (χ4v) is 4.63. The second-order valence-corrected chi connectivity index (χ2v) is 9.80. The van der Waals surface area contributed by atoms with Crippen LogP contribution in [0.4, 0.5) is 5.69 Å². The number of rotatable bonds is 9. The fraction of sp³-hybridized carbons (Fsp3) is 0.379. The minimum atomic E-state index is -0.694. The lowest BCUT2D eigenvalue weighted by molar-refractivity contribution is -0.125. The van der Waals surface area contributed by atoms with Gasteiger partial charge in [0.2, 0.25) is 5.91 Å². The topological polar surface area (TPSA) is 134 Å². The minimum Gasteiger partial charge on any atom is -0.451 e. The molecule has 9 heteroatoms. The molecule has 1 aliphatic rings. The summed E-state index contributed by atoms with van der Waals surface area (Å²) in [5.41, 5.74) is 2.43. The number of aryl methyl sites for hydroxylation is 1. The molecule has 9 nitrogen and oxygen atoms in total. The van der Waals surface area contributed by atoms with Crippen molar-refractivity contribution in [3.05, 3.63) is 71.7 Å². The summed E-state index contributed by atoms with van der Waals surface area (Å²) < 4.78 is 5.82. The maximum Gasteiger partial charge on any atom is 0.287 e. The molecule has 1 fully saturated rings. The molecule has 38 heavy (non-hydrogen) atoms. The lowest BCUT2D eigenvalue weighted by Gasteiger charge is -2.30. The average molecular weight is 519 g/mol. The molecule has 2 heterocycles. The lowest BCUT2D eigenvalue weighted by Crippen LogP contribution is -2.52. The molecule has 2 atom stereocenters. The van der Waals surface area contributed by atoms with E-state index in [2.05, 4.69) is 20.9 Å². The Labute approximate surface area is 222 Å². The summed E-state index contributed by atoms with van der Waals surface area (Å²) in [4.78, 5) is 42.6. The number of aromatic nitrogens is 1. The van der Waals surface area contributed by atoms with E-state index in [-0.39, 0.29) is 30.0 Å². The van der Waals surface area contributed by atoms with Gasteiger partial charge in [-0.1, -0.05) is 25.3 Å². The van der Waals surface area contributed by atoms with E-state index >= 15 is 0 Å². The minimum absolute atomic E-state index is 0.0360. The molecule has 4 rings (SSSR count). The zero-order chi connectivity index (χ0) is 27.1. The first-order chi connectivity index (χ1) is 18.3. The molecular weight excluding hydrogens is 484 g/mol. The Bertz CT molecular complexity index is 1260. The van der Waals surface area contributed by atoms with E-state index < -0.39 is 18.1 Å². The SMILES string of the molecule is Cc1cccc(C(=O)Nc2ccc(-c3ccc(C(=O)N[C@H](C(=O)NC[C@@H](C)O)C4CCCCC4)o3)cc2)n1. The smallest absolute Gasteiger partial charge is 0.287 e. The molecule has 0 bridgehead atoms. The van der Waals surface area contributed by atoms with Crippen LogP contribution in [0.3, 0.4) is 0 Å². The number of amides is 3. The largest absolute Gasteiger partial charge is 0.451 e. The van der Waals surface area contributed by atoms with Crippen molar-refractivity contribution in [2.75, 3.05) is 11.9 Å². The van der Waals surface area contributed by atoms with Crippen molar-refractivity contribution in [2.24, 2.45) is 5.92 Å². The molecule has 2 aromatic heterocycles. The first-order valence-electron chi connectivity index (χ1n) is 13.0. The number of nitrogens with one attached hydrogen (secondary N) is 3. The zero-order valence-electron chi connectivity index (χ0n) is 21.7. The highest BCUT2D eigenvalue weighted by molar-refractivity contribution is 6.03. The van der Waals surface area contributed by atoms with Crippen LogP contribution in [0.2, 0.25) is 0 Å². The average Bonchev–Trinajstić information content (AvgIpc) is 3.42. The first kappa shape index (κ1) is 27.1. The molecule has 1 aliphatic carbocycles. The maximum atomic E-state index is 13.0. The van der Waals surface area contributed by atoms with Crippen molar-refractivity contribution < 1.29 is 23.9 Å². The summed E-state index contributed by atoms with van der Waals surface area (Å²) in [6.45, 7) is 3.55. The van der Waals surface area contributed by atoms with Gasteiger partial charge in [-0.15, -0.1) is 0 Å². The summed E-state index contributed by atoms with van der Waals surface area (Å²) >= 11 is 0. The Morgan fingerprint density at radius 1 is 1.00 bits per heavy atom. The molecule has 0 aliphatic heterocycles. The number of nitrogens with zero attached hydrogens (tertiary/aromatic N) is 1. The van der Waals surface area contributed by atoms with E-state index in [4.69, 9.17) is 4.42 Å². The third-order valence-electron chi connectivity index (χ3n) is 6.64. The van der Waals surface area contributed by atoms with Gasteiger partial charge in [-0.05, 0) is 81.1 Å². The third-order valence-corrected chi connectivity index (χ3v) is 6.64. The summed E-state index contributed by atoms with van der Waals surface area (Å²) in [5.74, 6) is -0.435. The van der Waals surface area contributed by atoms with Gasteiger partial charge in [-0.25, -0.2) is 4.98 Å². The standard InChI is InChI=1S/C29H34N4O5/c1-18-7-6-10-23(31-18)27(35)32-22-13-11-20(12-14-22)24-15-16-25(38-24)28(36)33-26(21-8-4-3-5-9-21)29(37)30-17-19(2)34/h6-7,10-16,19,21,26,34H,3-5,8-9,17H2,1-2H3,(H,30,37)(H,32,35)(H,33,36)/t19-,26+/m1/s1. The van der Waals surface area contributed by atoms with Gasteiger partial charge in [-0.2, -0.15) is 0 Å². The first-order valence-corrected chi connectivity index (χ1v) is 13.0. The van der Waals surface area contributed by atoms with Crippen LogP contribution in [-0.2, 0) is 4.79 Å². The van der Waals surface area contributed by atoms with Crippen LogP contribution >= 0.6 is 0 Å². The molecule has 0 spiro atoms. The molecule has 4 N–H and O–H groups in total. The fourth-order valence-electron chi connectivity index (χ4n) is 4.63. The van der Waals surface area contributed by atoms with Gasteiger partial charge < -0.3 is 25.5 Å². The van der Waals surface area contributed by atoms with Gasteiger partial charge in [0.05, 0.1) is 6.10 Å². The highest BCUT2D eigenvalue weighted by Crippen LogP contribution is 2.28. The van der Waals surface area contributed by atoms with Crippen LogP contribution < -0.4 is 16.0 Å². The Morgan fingerprint density at radius 2 is 1.74 bits per heavy atom. The van der Waals surface area contributed by atoms with E-state index in [9.17, 15) is 19.5 Å². The van der Waals surface area contributed by atoms with Crippen LogP contribution in [0, 0.1) is 12.8 Å². The second-order valence-electron chi connectivity index (χ2n) is 9.80. The number of aliphatic hydroxyl groups is 1. The van der Waals surface area contributed by atoms with Crippen LogP contribution in [-0.4, -0.2) is 46.5 Å². The predicted octanol–water partition coefficient (Wildman–Crippen LogP) is 4.08. The number of furan rings is 1. The zero-order valence-corrected chi connectivity index (χ0v) is 21.7. The van der Waals surface area contributed by atoms with Gasteiger partial charge >= 0.3 is 0 Å². The number of anilines is 1. The number of hydrogen-bond acceptors (Lipinski definition) is 6. The second kappa shape index (κ2) is 12.5. The van der Waals surface area contributed by atoms with Gasteiger partial charge in [0, 0.05) is 23.5 Å². The molecule has 0 radical (unpaired) electrons. The summed E-state index contributed by atoms with van der Waals surface area (Å²) in [6.07, 6.45) is 4.21. The summed E-state index contributed by atoms with van der Waals surface area (Å²) in [5, 5.41) is 18.0. The van der Waals surface area contributed by atoms with Crippen molar-refractivity contribution in [2.45, 2.75) is 58.1 Å². The molecule has 1 aromatic carbocycles. The molecule has 0 saturated heterocycles. The summed E-state index contributed by atoms with van der Waals surface area (Å²) in [6, 6.07) is 14.9. The number of pyridine rings is 1. The van der Waals surface area contributed by atoms with Gasteiger partial charge in [0.1, 0.15) is 17.5 Å². The molecule has 3 amide bonds. The normalized spacial score (nSPS) is 15.3. The van der Waals surface area contributed by atoms with Crippen molar-refractivity contribution >= 4 is 23.4 Å². The monoisotopic (exact) mass is 518 g/mol. The van der Waals surface area contributed by atoms with Crippen LogP contribution in [0.15, 0.2) is 59.0 Å². The van der Waals surface area contributed by atoms with E-state index in [0.29, 0.717) is 17.1 Å². The van der Waals surface area contributed by atoms with Crippen molar-refractivity contribution in [3.63, 3.8) is 0 Å². The quantitative estimate of drug-likeness (QED) is 0.337. The van der Waals surface area contributed by atoms with Gasteiger partial charge in [-0.3, -0.25) is 14.4 Å². The molecular formula is C29H34N4O5. The number of hydrogen-bond donors (Lipinski definition) is 4. The Balaban J connectivity index is 1.41.